The monoisotopic (exact) mass is 463 g/mol. The quantitative estimate of drug-likeness (QED) is 0.598. The van der Waals surface area contributed by atoms with E-state index in [4.69, 9.17) is 9.26 Å². The normalized spacial score (nSPS) is 26.1. The molecule has 1 N–H and O–H groups in total. The molecule has 3 saturated heterocycles. The summed E-state index contributed by atoms with van der Waals surface area (Å²) in [5, 5.41) is 15.2. The number of likely N-dealkylation sites (tertiary alicyclic amines) is 1. The number of benzene rings is 1. The summed E-state index contributed by atoms with van der Waals surface area (Å²) in [5.41, 5.74) is 2.02. The van der Waals surface area contributed by atoms with E-state index in [-0.39, 0.29) is 6.10 Å². The molecule has 3 aliphatic heterocycles. The van der Waals surface area contributed by atoms with Crippen LogP contribution in [0.1, 0.15) is 24.8 Å². The Balaban J connectivity index is 0.988. The van der Waals surface area contributed by atoms with Crippen molar-refractivity contribution in [3.63, 3.8) is 0 Å². The van der Waals surface area contributed by atoms with Crippen molar-refractivity contribution in [1.29, 1.82) is 0 Å². The molecular formula is C26H33N5O3. The van der Waals surface area contributed by atoms with Crippen LogP contribution in [0, 0.1) is 5.92 Å². The largest absolute Gasteiger partial charge is 0.477 e. The molecule has 8 nitrogen and oxygen atoms in total. The number of aliphatic hydroxyl groups is 1. The van der Waals surface area contributed by atoms with E-state index in [9.17, 15) is 5.11 Å². The average Bonchev–Trinajstić information content (AvgIpc) is 3.49. The van der Waals surface area contributed by atoms with Gasteiger partial charge in [0.1, 0.15) is 0 Å². The third-order valence-electron chi connectivity index (χ3n) is 7.58. The second-order valence-corrected chi connectivity index (χ2v) is 10.0. The minimum atomic E-state index is -0.184. The number of ether oxygens (including phenoxy) is 1. The first-order chi connectivity index (χ1) is 16.7. The lowest BCUT2D eigenvalue weighted by Gasteiger charge is -2.46. The van der Waals surface area contributed by atoms with Gasteiger partial charge in [-0.2, -0.15) is 0 Å². The molecule has 3 atom stereocenters. The van der Waals surface area contributed by atoms with Gasteiger partial charge in [0.25, 0.3) is 0 Å². The minimum Gasteiger partial charge on any atom is -0.477 e. The highest BCUT2D eigenvalue weighted by atomic mass is 16.5. The number of piperidine rings is 1. The van der Waals surface area contributed by atoms with Crippen LogP contribution in [-0.2, 0) is 6.54 Å². The SMILES string of the molecule is O[C@@H]1CCN(Cc2ccc(OC[C@H]3CC[C@H]4CN(c5noc6ccccc56)CCN4C3)nc2)C1. The third kappa shape index (κ3) is 4.62. The molecule has 1 aromatic carbocycles. The molecule has 0 bridgehead atoms. The van der Waals surface area contributed by atoms with Crippen molar-refractivity contribution in [2.24, 2.45) is 5.92 Å². The molecule has 5 heterocycles. The van der Waals surface area contributed by atoms with E-state index in [2.05, 4.69) is 37.0 Å². The van der Waals surface area contributed by atoms with Crippen molar-refractivity contribution >= 4 is 16.8 Å². The second kappa shape index (κ2) is 9.52. The maximum absolute atomic E-state index is 9.69. The van der Waals surface area contributed by atoms with E-state index in [1.165, 1.54) is 18.4 Å². The van der Waals surface area contributed by atoms with Gasteiger partial charge in [0.15, 0.2) is 11.4 Å². The predicted molar refractivity (Wildman–Crippen MR) is 130 cm³/mol. The van der Waals surface area contributed by atoms with E-state index in [0.29, 0.717) is 24.4 Å². The van der Waals surface area contributed by atoms with Crippen molar-refractivity contribution in [3.05, 3.63) is 48.2 Å². The number of anilines is 1. The zero-order valence-corrected chi connectivity index (χ0v) is 19.6. The van der Waals surface area contributed by atoms with Crippen LogP contribution in [0.15, 0.2) is 47.1 Å². The van der Waals surface area contributed by atoms with Crippen LogP contribution in [0.5, 0.6) is 5.88 Å². The highest BCUT2D eigenvalue weighted by Gasteiger charge is 2.34. The summed E-state index contributed by atoms with van der Waals surface area (Å²) >= 11 is 0. The number of nitrogens with zero attached hydrogens (tertiary/aromatic N) is 5. The van der Waals surface area contributed by atoms with Gasteiger partial charge >= 0.3 is 0 Å². The molecule has 0 amide bonds. The molecule has 34 heavy (non-hydrogen) atoms. The van der Waals surface area contributed by atoms with Crippen LogP contribution >= 0.6 is 0 Å². The van der Waals surface area contributed by atoms with Crippen LogP contribution < -0.4 is 9.64 Å². The lowest BCUT2D eigenvalue weighted by molar-refractivity contribution is 0.0716. The van der Waals surface area contributed by atoms with Gasteiger partial charge in [-0.05, 0) is 37.0 Å². The third-order valence-corrected chi connectivity index (χ3v) is 7.58. The standard InChI is InChI=1S/C26H33N5O3/c32-22-9-10-29(17-22)14-19-6-8-25(27-13-19)33-18-20-5-7-21-16-31(12-11-30(21)15-20)26-23-3-1-2-4-24(23)34-28-26/h1-4,6,8,13,20-22,32H,5,7,9-12,14-18H2/t20-,21-,22+/m0/s1. The number of pyridine rings is 1. The number of aliphatic hydroxyl groups excluding tert-OH is 1. The van der Waals surface area contributed by atoms with Crippen LogP contribution in [0.3, 0.4) is 0 Å². The summed E-state index contributed by atoms with van der Waals surface area (Å²) in [6, 6.07) is 12.7. The number of para-hydroxylation sites is 1. The first-order valence-corrected chi connectivity index (χ1v) is 12.5. The number of hydrogen-bond acceptors (Lipinski definition) is 8. The molecule has 3 aliphatic rings. The zero-order valence-electron chi connectivity index (χ0n) is 19.6. The van der Waals surface area contributed by atoms with E-state index in [1.54, 1.807) is 0 Å². The highest BCUT2D eigenvalue weighted by Crippen LogP contribution is 2.31. The Morgan fingerprint density at radius 3 is 2.79 bits per heavy atom. The van der Waals surface area contributed by atoms with Crippen molar-refractivity contribution in [1.82, 2.24) is 19.9 Å². The van der Waals surface area contributed by atoms with Gasteiger partial charge in [0, 0.05) is 70.0 Å². The summed E-state index contributed by atoms with van der Waals surface area (Å²) in [6.45, 7) is 7.35. The predicted octanol–water partition coefficient (Wildman–Crippen LogP) is 2.77. The average molecular weight is 464 g/mol. The summed E-state index contributed by atoms with van der Waals surface area (Å²) < 4.78 is 11.6. The number of aromatic nitrogens is 2. The Kier molecular flexibility index (Phi) is 6.11. The van der Waals surface area contributed by atoms with Gasteiger partial charge in [-0.3, -0.25) is 9.80 Å². The first-order valence-electron chi connectivity index (χ1n) is 12.5. The lowest BCUT2D eigenvalue weighted by atomic mass is 9.91. The van der Waals surface area contributed by atoms with Gasteiger partial charge in [0.2, 0.25) is 5.88 Å². The fraction of sp³-hybridized carbons (Fsp3) is 0.538. The van der Waals surface area contributed by atoms with Crippen molar-refractivity contribution in [3.8, 4) is 5.88 Å². The molecule has 8 heteroatoms. The number of β-amino-alcohol motifs (C(OH)–C–C–N with tert-alkyl or cyclic N) is 1. The fourth-order valence-corrected chi connectivity index (χ4v) is 5.69. The van der Waals surface area contributed by atoms with Gasteiger partial charge in [-0.25, -0.2) is 4.98 Å². The lowest BCUT2D eigenvalue weighted by Crippen LogP contribution is -2.57. The van der Waals surface area contributed by atoms with E-state index in [0.717, 1.165) is 69.0 Å². The summed E-state index contributed by atoms with van der Waals surface area (Å²) in [4.78, 5) is 11.8. The fourth-order valence-electron chi connectivity index (χ4n) is 5.69. The van der Waals surface area contributed by atoms with Crippen molar-refractivity contribution < 1.29 is 14.4 Å². The maximum Gasteiger partial charge on any atom is 0.213 e. The van der Waals surface area contributed by atoms with Gasteiger partial charge in [-0.1, -0.05) is 23.4 Å². The number of hydrogen-bond donors (Lipinski definition) is 1. The topological polar surface area (TPSA) is 78.1 Å². The van der Waals surface area contributed by atoms with Gasteiger partial charge < -0.3 is 19.3 Å². The minimum absolute atomic E-state index is 0.184. The Labute approximate surface area is 200 Å². The molecule has 0 aliphatic carbocycles. The zero-order chi connectivity index (χ0) is 22.9. The molecule has 3 fully saturated rings. The molecule has 3 aromatic rings. The van der Waals surface area contributed by atoms with Crippen LogP contribution in [0.2, 0.25) is 0 Å². The molecule has 0 unspecified atom stereocenters. The Hall–Kier alpha value is -2.68. The van der Waals surface area contributed by atoms with Crippen molar-refractivity contribution in [2.75, 3.05) is 50.8 Å². The van der Waals surface area contributed by atoms with Crippen LogP contribution in [-0.4, -0.2) is 83.1 Å². The Morgan fingerprint density at radius 1 is 1.00 bits per heavy atom. The molecular weight excluding hydrogens is 430 g/mol. The number of piperazine rings is 1. The maximum atomic E-state index is 9.69. The van der Waals surface area contributed by atoms with E-state index >= 15 is 0 Å². The van der Waals surface area contributed by atoms with Crippen LogP contribution in [0.4, 0.5) is 5.82 Å². The molecule has 0 spiro atoms. The first kappa shape index (κ1) is 21.8. The molecule has 2 aromatic heterocycles. The van der Waals surface area contributed by atoms with Crippen molar-refractivity contribution in [2.45, 2.75) is 38.0 Å². The number of rotatable bonds is 6. The van der Waals surface area contributed by atoms with Gasteiger partial charge in [-0.15, -0.1) is 0 Å². The van der Waals surface area contributed by atoms with Gasteiger partial charge in [0.05, 0.1) is 18.1 Å². The summed E-state index contributed by atoms with van der Waals surface area (Å²) in [6.07, 6.45) is 4.93. The smallest absolute Gasteiger partial charge is 0.213 e. The molecule has 6 rings (SSSR count). The molecule has 180 valence electrons. The number of fused-ring (bicyclic) bond motifs is 2. The Morgan fingerprint density at radius 2 is 1.94 bits per heavy atom. The van der Waals surface area contributed by atoms with E-state index < -0.39 is 0 Å². The second-order valence-electron chi connectivity index (χ2n) is 10.0. The Bertz CT molecular complexity index is 1100. The summed E-state index contributed by atoms with van der Waals surface area (Å²) in [5.74, 6) is 2.22. The molecule has 0 saturated carbocycles. The molecule has 0 radical (unpaired) electrons. The summed E-state index contributed by atoms with van der Waals surface area (Å²) in [7, 11) is 0. The van der Waals surface area contributed by atoms with E-state index in [1.807, 2.05) is 30.5 Å². The highest BCUT2D eigenvalue weighted by molar-refractivity contribution is 5.88. The van der Waals surface area contributed by atoms with Crippen LogP contribution in [0.25, 0.3) is 11.0 Å².